The van der Waals surface area contributed by atoms with Crippen molar-refractivity contribution in [3.05, 3.63) is 12.4 Å². The zero-order valence-corrected chi connectivity index (χ0v) is 10.9. The third kappa shape index (κ3) is 2.69. The summed E-state index contributed by atoms with van der Waals surface area (Å²) in [6, 6.07) is 0. The Kier molecular flexibility index (Phi) is 4.19. The van der Waals surface area contributed by atoms with E-state index in [9.17, 15) is 0 Å². The largest absolute Gasteiger partial charge is 0.474 e. The molecule has 0 aliphatic rings. The van der Waals surface area contributed by atoms with Gasteiger partial charge in [0.15, 0.2) is 5.16 Å². The second kappa shape index (κ2) is 5.86. The van der Waals surface area contributed by atoms with E-state index in [4.69, 9.17) is 4.74 Å². The molecule has 0 unspecified atom stereocenters. The highest BCUT2D eigenvalue weighted by Gasteiger charge is 2.10. The first kappa shape index (κ1) is 12.2. The predicted octanol–water partition coefficient (Wildman–Crippen LogP) is 2.42. The first-order chi connectivity index (χ1) is 8.36. The third-order valence-corrected chi connectivity index (χ3v) is 3.29. The Morgan fingerprint density at radius 1 is 1.29 bits per heavy atom. The Morgan fingerprint density at radius 3 is 2.94 bits per heavy atom. The number of hydrogen-bond donors (Lipinski definition) is 0. The minimum Gasteiger partial charge on any atom is -0.474 e. The van der Waals surface area contributed by atoms with Crippen LogP contribution in [0.2, 0.25) is 0 Å². The van der Waals surface area contributed by atoms with E-state index in [1.165, 1.54) is 0 Å². The van der Waals surface area contributed by atoms with Crippen LogP contribution >= 0.6 is 11.8 Å². The number of imidazole rings is 1. The van der Waals surface area contributed by atoms with Crippen molar-refractivity contribution in [2.24, 2.45) is 0 Å². The minimum absolute atomic E-state index is 0.512. The van der Waals surface area contributed by atoms with Gasteiger partial charge >= 0.3 is 0 Å². The summed E-state index contributed by atoms with van der Waals surface area (Å²) in [5.74, 6) is 1.54. The number of rotatable bonds is 6. The molecular weight excluding hydrogens is 236 g/mol. The second-order valence-corrected chi connectivity index (χ2v) is 4.67. The Labute approximate surface area is 105 Å². The van der Waals surface area contributed by atoms with Gasteiger partial charge in [0.1, 0.15) is 0 Å². The van der Waals surface area contributed by atoms with E-state index in [0.29, 0.717) is 12.5 Å². The molecule has 0 spiro atoms. The van der Waals surface area contributed by atoms with Crippen LogP contribution < -0.4 is 4.74 Å². The van der Waals surface area contributed by atoms with Crippen molar-refractivity contribution in [2.75, 3.05) is 12.4 Å². The maximum atomic E-state index is 5.52. The summed E-state index contributed by atoms with van der Waals surface area (Å²) < 4.78 is 7.45. The monoisotopic (exact) mass is 252 g/mol. The Hall–Kier alpha value is -1.30. The highest BCUT2D eigenvalue weighted by Crippen LogP contribution is 2.21. The normalized spacial score (nSPS) is 10.9. The standard InChI is InChI=1S/C11H16N4OS/c1-3-7-16-10-9-12-5-6-15(9)11(14-13-10)17-8-4-2/h5-6H,3-4,7-8H2,1-2H3. The van der Waals surface area contributed by atoms with Crippen molar-refractivity contribution in [1.29, 1.82) is 0 Å². The van der Waals surface area contributed by atoms with E-state index in [2.05, 4.69) is 29.0 Å². The lowest BCUT2D eigenvalue weighted by Gasteiger charge is -2.06. The van der Waals surface area contributed by atoms with E-state index in [1.54, 1.807) is 18.0 Å². The molecule has 0 bridgehead atoms. The first-order valence-corrected chi connectivity index (χ1v) is 6.80. The molecule has 0 aromatic carbocycles. The lowest BCUT2D eigenvalue weighted by Crippen LogP contribution is -2.04. The van der Waals surface area contributed by atoms with E-state index in [-0.39, 0.29) is 0 Å². The average molecular weight is 252 g/mol. The zero-order valence-electron chi connectivity index (χ0n) is 10.1. The third-order valence-electron chi connectivity index (χ3n) is 2.14. The summed E-state index contributed by atoms with van der Waals surface area (Å²) in [6.07, 6.45) is 5.69. The van der Waals surface area contributed by atoms with E-state index >= 15 is 0 Å². The molecule has 0 atom stereocenters. The minimum atomic E-state index is 0.512. The molecule has 0 N–H and O–H groups in total. The number of hydrogen-bond acceptors (Lipinski definition) is 5. The zero-order chi connectivity index (χ0) is 12.1. The number of aromatic nitrogens is 4. The quantitative estimate of drug-likeness (QED) is 0.739. The molecule has 0 amide bonds. The molecule has 0 saturated carbocycles. The van der Waals surface area contributed by atoms with Crippen LogP contribution in [0.3, 0.4) is 0 Å². The molecule has 6 heteroatoms. The number of nitrogens with zero attached hydrogens (tertiary/aromatic N) is 4. The fourth-order valence-corrected chi connectivity index (χ4v) is 2.15. The van der Waals surface area contributed by atoms with Gasteiger partial charge in [0, 0.05) is 18.1 Å². The summed E-state index contributed by atoms with van der Waals surface area (Å²) in [7, 11) is 0. The molecule has 17 heavy (non-hydrogen) atoms. The maximum absolute atomic E-state index is 5.52. The van der Waals surface area contributed by atoms with Gasteiger partial charge in [-0.3, -0.25) is 4.40 Å². The van der Waals surface area contributed by atoms with Gasteiger partial charge in [-0.2, -0.15) is 0 Å². The van der Waals surface area contributed by atoms with Crippen molar-refractivity contribution < 1.29 is 4.74 Å². The van der Waals surface area contributed by atoms with Gasteiger partial charge in [-0.1, -0.05) is 25.6 Å². The van der Waals surface area contributed by atoms with Crippen molar-refractivity contribution in [1.82, 2.24) is 19.6 Å². The summed E-state index contributed by atoms with van der Waals surface area (Å²) >= 11 is 1.68. The molecular formula is C11H16N4OS. The maximum Gasteiger partial charge on any atom is 0.277 e. The molecule has 2 heterocycles. The van der Waals surface area contributed by atoms with E-state index in [0.717, 1.165) is 29.4 Å². The van der Waals surface area contributed by atoms with Crippen LogP contribution in [0.5, 0.6) is 5.88 Å². The molecule has 0 radical (unpaired) electrons. The van der Waals surface area contributed by atoms with Gasteiger partial charge in [-0.15, -0.1) is 10.2 Å². The van der Waals surface area contributed by atoms with Gasteiger partial charge in [0.2, 0.25) is 5.65 Å². The van der Waals surface area contributed by atoms with Crippen LogP contribution in [0.25, 0.3) is 5.65 Å². The van der Waals surface area contributed by atoms with Crippen LogP contribution in [0.15, 0.2) is 17.6 Å². The smallest absolute Gasteiger partial charge is 0.277 e. The first-order valence-electron chi connectivity index (χ1n) is 5.82. The summed E-state index contributed by atoms with van der Waals surface area (Å²) in [5, 5.41) is 9.14. The van der Waals surface area contributed by atoms with Crippen molar-refractivity contribution in [2.45, 2.75) is 31.8 Å². The lowest BCUT2D eigenvalue weighted by molar-refractivity contribution is 0.301. The Morgan fingerprint density at radius 2 is 2.18 bits per heavy atom. The van der Waals surface area contributed by atoms with E-state index in [1.807, 2.05) is 10.6 Å². The van der Waals surface area contributed by atoms with Crippen molar-refractivity contribution in [3.63, 3.8) is 0 Å². The van der Waals surface area contributed by atoms with Crippen LogP contribution in [0.4, 0.5) is 0 Å². The average Bonchev–Trinajstić information content (AvgIpc) is 2.83. The number of ether oxygens (including phenoxy) is 1. The van der Waals surface area contributed by atoms with E-state index < -0.39 is 0 Å². The van der Waals surface area contributed by atoms with Gasteiger partial charge in [-0.25, -0.2) is 4.98 Å². The molecule has 2 aromatic rings. The number of thioether (sulfide) groups is 1. The topological polar surface area (TPSA) is 52.3 Å². The molecule has 0 aliphatic heterocycles. The van der Waals surface area contributed by atoms with Crippen molar-refractivity contribution >= 4 is 17.4 Å². The van der Waals surface area contributed by atoms with Crippen LogP contribution in [0, 0.1) is 0 Å². The summed E-state index contributed by atoms with van der Waals surface area (Å²) in [5.41, 5.74) is 0.743. The molecule has 0 fully saturated rings. The van der Waals surface area contributed by atoms with Crippen molar-refractivity contribution in [3.8, 4) is 5.88 Å². The van der Waals surface area contributed by atoms with Gasteiger partial charge in [-0.05, 0) is 12.8 Å². The second-order valence-electron chi connectivity index (χ2n) is 3.61. The lowest BCUT2D eigenvalue weighted by atomic mass is 10.5. The van der Waals surface area contributed by atoms with Gasteiger partial charge in [0.25, 0.3) is 5.88 Å². The van der Waals surface area contributed by atoms with Gasteiger partial charge in [0.05, 0.1) is 6.61 Å². The molecule has 0 aliphatic carbocycles. The molecule has 0 saturated heterocycles. The Balaban J connectivity index is 2.30. The summed E-state index contributed by atoms with van der Waals surface area (Å²) in [6.45, 7) is 4.84. The van der Waals surface area contributed by atoms with Crippen LogP contribution in [0.1, 0.15) is 26.7 Å². The highest BCUT2D eigenvalue weighted by molar-refractivity contribution is 7.99. The Bertz CT molecular complexity index is 443. The summed E-state index contributed by atoms with van der Waals surface area (Å²) in [4.78, 5) is 4.26. The van der Waals surface area contributed by atoms with Gasteiger partial charge < -0.3 is 4.74 Å². The fourth-order valence-electron chi connectivity index (χ4n) is 1.38. The molecule has 2 rings (SSSR count). The van der Waals surface area contributed by atoms with Crippen LogP contribution in [-0.4, -0.2) is 31.9 Å². The van der Waals surface area contributed by atoms with Crippen LogP contribution in [-0.2, 0) is 0 Å². The number of fused-ring (bicyclic) bond motifs is 1. The fraction of sp³-hybridized carbons (Fsp3) is 0.545. The molecule has 5 nitrogen and oxygen atoms in total. The predicted molar refractivity (Wildman–Crippen MR) is 67.6 cm³/mol. The SMILES string of the molecule is CCCOc1nnc(SCCC)n2ccnc12. The molecule has 2 aromatic heterocycles. The molecule has 92 valence electrons. The highest BCUT2D eigenvalue weighted by atomic mass is 32.2.